The molecular weight excluding hydrogens is 492 g/mol. The predicted molar refractivity (Wildman–Crippen MR) is 151 cm³/mol. The molecule has 4 heterocycles. The molecule has 1 saturated heterocycles. The first-order chi connectivity index (χ1) is 18.8. The van der Waals surface area contributed by atoms with Gasteiger partial charge in [0.2, 0.25) is 0 Å². The number of fused-ring (bicyclic) bond motifs is 2. The Labute approximate surface area is 228 Å². The molecule has 2 aliphatic heterocycles. The number of hydrogen-bond acceptors (Lipinski definition) is 7. The van der Waals surface area contributed by atoms with Crippen LogP contribution in [0.1, 0.15) is 56.9 Å². The second kappa shape index (κ2) is 9.98. The van der Waals surface area contributed by atoms with Gasteiger partial charge in [0.1, 0.15) is 17.5 Å². The number of carbonyl (C=O) groups excluding carboxylic acids is 1. The fraction of sp³-hybridized carbons (Fsp3) is 0.367. The molecule has 9 nitrogen and oxygen atoms in total. The maximum Gasteiger partial charge on any atom is 0.419 e. The molecule has 4 aromatic rings. The van der Waals surface area contributed by atoms with Crippen molar-refractivity contribution in [1.82, 2.24) is 25.0 Å². The van der Waals surface area contributed by atoms with Gasteiger partial charge < -0.3 is 9.47 Å². The number of anilines is 1. The van der Waals surface area contributed by atoms with E-state index in [2.05, 4.69) is 45.5 Å². The van der Waals surface area contributed by atoms with Crippen LogP contribution in [0.5, 0.6) is 0 Å². The van der Waals surface area contributed by atoms with Crippen molar-refractivity contribution in [3.63, 3.8) is 0 Å². The van der Waals surface area contributed by atoms with Gasteiger partial charge in [-0.1, -0.05) is 36.1 Å². The van der Waals surface area contributed by atoms with E-state index in [1.165, 1.54) is 12.0 Å². The van der Waals surface area contributed by atoms with Crippen LogP contribution in [0.2, 0.25) is 0 Å². The highest BCUT2D eigenvalue weighted by atomic mass is 16.6. The number of nitrogens with zero attached hydrogens (tertiary/aromatic N) is 5. The van der Waals surface area contributed by atoms with Crippen LogP contribution in [-0.4, -0.2) is 44.1 Å². The van der Waals surface area contributed by atoms with E-state index in [1.54, 1.807) is 10.6 Å². The fourth-order valence-corrected chi connectivity index (χ4v) is 5.37. The van der Waals surface area contributed by atoms with E-state index >= 15 is 0 Å². The van der Waals surface area contributed by atoms with E-state index in [9.17, 15) is 4.79 Å². The van der Waals surface area contributed by atoms with Crippen LogP contribution in [0.4, 0.5) is 10.5 Å². The lowest BCUT2D eigenvalue weighted by Crippen LogP contribution is -2.44. The van der Waals surface area contributed by atoms with Crippen molar-refractivity contribution >= 4 is 28.8 Å². The second-order valence-corrected chi connectivity index (χ2v) is 11.1. The van der Waals surface area contributed by atoms with Crippen LogP contribution in [-0.2, 0) is 22.6 Å². The lowest BCUT2D eigenvalue weighted by atomic mass is 10.0. The molecule has 0 spiro atoms. The molecule has 2 aliphatic rings. The summed E-state index contributed by atoms with van der Waals surface area (Å²) >= 11 is 0. The molecule has 0 amide bonds. The monoisotopic (exact) mass is 526 g/mol. The van der Waals surface area contributed by atoms with Gasteiger partial charge in [0.25, 0.3) is 0 Å². The van der Waals surface area contributed by atoms with E-state index in [-0.39, 0.29) is 6.23 Å². The van der Waals surface area contributed by atoms with Gasteiger partial charge in [-0.3, -0.25) is 5.01 Å². The van der Waals surface area contributed by atoms with E-state index in [4.69, 9.17) is 9.47 Å². The lowest BCUT2D eigenvalue weighted by molar-refractivity contribution is 0.00928. The number of hydrogen-bond donors (Lipinski definition) is 1. The van der Waals surface area contributed by atoms with E-state index in [1.807, 2.05) is 55.9 Å². The first kappa shape index (κ1) is 25.3. The quantitative estimate of drug-likeness (QED) is 0.356. The molecule has 6 rings (SSSR count). The standard InChI is InChI=1S/C30H34N6O3/c1-5-22-16-21-13-12-20(15-27(21)35(22)29(37)39-30(2,3)4)18-34-19-25(32-33-34)23-9-8-10-26-24(23)17-31-36(26)28-11-6-7-14-38-28/h5,8-10,12-13,15-16,19,28,31H,1,6-7,11,14,17-18H2,2-4H3. The van der Waals surface area contributed by atoms with Crippen molar-refractivity contribution < 1.29 is 14.3 Å². The highest BCUT2D eigenvalue weighted by molar-refractivity contribution is 5.93. The summed E-state index contributed by atoms with van der Waals surface area (Å²) in [6.45, 7) is 11.5. The molecule has 0 radical (unpaired) electrons. The van der Waals surface area contributed by atoms with Crippen molar-refractivity contribution in [2.45, 2.75) is 65.0 Å². The zero-order valence-corrected chi connectivity index (χ0v) is 22.7. The summed E-state index contributed by atoms with van der Waals surface area (Å²) in [4.78, 5) is 13.0. The number of rotatable bonds is 5. The van der Waals surface area contributed by atoms with Gasteiger partial charge in [-0.25, -0.2) is 19.5 Å². The maximum absolute atomic E-state index is 13.0. The Morgan fingerprint density at radius 3 is 2.87 bits per heavy atom. The molecule has 0 saturated carbocycles. The largest absolute Gasteiger partial charge is 0.443 e. The third kappa shape index (κ3) is 4.95. The molecule has 2 aromatic carbocycles. The molecule has 1 N–H and O–H groups in total. The Kier molecular flexibility index (Phi) is 6.48. The average Bonchev–Trinajstić information content (AvgIpc) is 3.64. The van der Waals surface area contributed by atoms with E-state index < -0.39 is 11.7 Å². The Hall–Kier alpha value is -3.95. The van der Waals surface area contributed by atoms with Gasteiger partial charge in [-0.15, -0.1) is 5.10 Å². The molecule has 9 heteroatoms. The van der Waals surface area contributed by atoms with E-state index in [0.717, 1.165) is 59.4 Å². The number of hydrazine groups is 1. The summed E-state index contributed by atoms with van der Waals surface area (Å²) in [6, 6.07) is 14.3. The highest BCUT2D eigenvalue weighted by Gasteiger charge is 2.30. The normalized spacial score (nSPS) is 17.4. The number of benzene rings is 2. The maximum atomic E-state index is 13.0. The third-order valence-corrected chi connectivity index (χ3v) is 7.12. The van der Waals surface area contributed by atoms with Crippen molar-refractivity contribution in [2.75, 3.05) is 11.6 Å². The summed E-state index contributed by atoms with van der Waals surface area (Å²) in [5.41, 5.74) is 9.60. The smallest absolute Gasteiger partial charge is 0.419 e. The molecular formula is C30H34N6O3. The fourth-order valence-electron chi connectivity index (χ4n) is 5.37. The van der Waals surface area contributed by atoms with Crippen LogP contribution in [0.15, 0.2) is 55.2 Å². The lowest BCUT2D eigenvalue weighted by Gasteiger charge is -2.32. The summed E-state index contributed by atoms with van der Waals surface area (Å²) in [6.07, 6.45) is 6.59. The average molecular weight is 527 g/mol. The van der Waals surface area contributed by atoms with Crippen molar-refractivity contribution in [3.05, 3.63) is 72.1 Å². The van der Waals surface area contributed by atoms with Crippen LogP contribution in [0.25, 0.3) is 28.2 Å². The highest BCUT2D eigenvalue weighted by Crippen LogP contribution is 2.36. The zero-order valence-electron chi connectivity index (χ0n) is 22.7. The Morgan fingerprint density at radius 2 is 2.10 bits per heavy atom. The summed E-state index contributed by atoms with van der Waals surface area (Å²) in [5.74, 6) is 0. The minimum Gasteiger partial charge on any atom is -0.443 e. The van der Waals surface area contributed by atoms with E-state index in [0.29, 0.717) is 12.2 Å². The van der Waals surface area contributed by atoms with Crippen molar-refractivity contribution in [3.8, 4) is 11.3 Å². The molecule has 0 bridgehead atoms. The Balaban J connectivity index is 1.26. The number of nitrogens with one attached hydrogen (secondary N) is 1. The third-order valence-electron chi connectivity index (χ3n) is 7.12. The first-order valence-corrected chi connectivity index (χ1v) is 13.5. The molecule has 39 heavy (non-hydrogen) atoms. The van der Waals surface area contributed by atoms with Crippen LogP contribution in [0, 0.1) is 0 Å². The molecule has 1 unspecified atom stereocenters. The van der Waals surface area contributed by atoms with Crippen molar-refractivity contribution in [2.24, 2.45) is 0 Å². The summed E-state index contributed by atoms with van der Waals surface area (Å²) < 4.78 is 15.1. The second-order valence-electron chi connectivity index (χ2n) is 11.1. The van der Waals surface area contributed by atoms with Crippen molar-refractivity contribution in [1.29, 1.82) is 0 Å². The minimum absolute atomic E-state index is 0.0575. The molecule has 2 aromatic heterocycles. The topological polar surface area (TPSA) is 86.4 Å². The van der Waals surface area contributed by atoms with Crippen LogP contribution < -0.4 is 10.4 Å². The number of aromatic nitrogens is 4. The van der Waals surface area contributed by atoms with Gasteiger partial charge >= 0.3 is 6.09 Å². The molecule has 0 aliphatic carbocycles. The predicted octanol–water partition coefficient (Wildman–Crippen LogP) is 5.73. The van der Waals surface area contributed by atoms with Gasteiger partial charge in [0, 0.05) is 29.7 Å². The molecule has 1 atom stereocenters. The summed E-state index contributed by atoms with van der Waals surface area (Å²) in [5, 5.41) is 12.0. The summed E-state index contributed by atoms with van der Waals surface area (Å²) in [7, 11) is 0. The first-order valence-electron chi connectivity index (χ1n) is 13.5. The Morgan fingerprint density at radius 1 is 1.23 bits per heavy atom. The minimum atomic E-state index is -0.603. The molecule has 202 valence electrons. The Bertz CT molecular complexity index is 1540. The van der Waals surface area contributed by atoms with Gasteiger partial charge in [0.15, 0.2) is 0 Å². The number of ether oxygens (including phenoxy) is 2. The van der Waals surface area contributed by atoms with Gasteiger partial charge in [-0.2, -0.15) is 0 Å². The molecule has 1 fully saturated rings. The SMILES string of the molecule is C=Cc1cc2ccc(Cn3cc(-c4cccc5c4CNN5C4CCCCO4)nn3)cc2n1C(=O)OC(C)(C)C. The van der Waals surface area contributed by atoms with Gasteiger partial charge in [0.05, 0.1) is 29.6 Å². The van der Waals surface area contributed by atoms with Crippen LogP contribution >= 0.6 is 0 Å². The number of carbonyl (C=O) groups is 1. The zero-order chi connectivity index (χ0) is 27.1. The van der Waals surface area contributed by atoms with Gasteiger partial charge in [-0.05, 0) is 69.9 Å². The van der Waals surface area contributed by atoms with Crippen LogP contribution in [0.3, 0.4) is 0 Å².